The Balaban J connectivity index is 2.28. The second-order valence-corrected chi connectivity index (χ2v) is 5.52. The summed E-state index contributed by atoms with van der Waals surface area (Å²) in [6.07, 6.45) is -1.09. The molecule has 2 unspecified atom stereocenters. The highest BCUT2D eigenvalue weighted by Crippen LogP contribution is 2.39. The van der Waals surface area contributed by atoms with Crippen LogP contribution in [0.5, 0.6) is 0 Å². The molecule has 0 aromatic heterocycles. The van der Waals surface area contributed by atoms with Crippen molar-refractivity contribution >= 4 is 17.3 Å². The van der Waals surface area contributed by atoms with Gasteiger partial charge in [0.1, 0.15) is 0 Å². The van der Waals surface area contributed by atoms with E-state index >= 15 is 0 Å². The third-order valence-electron chi connectivity index (χ3n) is 3.63. The second-order valence-electron chi connectivity index (χ2n) is 5.12. The summed E-state index contributed by atoms with van der Waals surface area (Å²) in [5.74, 6) is 0. The highest BCUT2D eigenvalue weighted by atomic mass is 35.5. The molecule has 2 rings (SSSR count). The number of nitrogens with one attached hydrogen (secondary N) is 1. The van der Waals surface area contributed by atoms with Crippen LogP contribution in [0.1, 0.15) is 37.7 Å². The van der Waals surface area contributed by atoms with Gasteiger partial charge in [-0.3, -0.25) is 0 Å². The summed E-state index contributed by atoms with van der Waals surface area (Å²) in [7, 11) is 0. The van der Waals surface area contributed by atoms with Crippen molar-refractivity contribution in [2.75, 3.05) is 5.32 Å². The number of anilines is 1. The molecular formula is C14H17ClF3NO. The van der Waals surface area contributed by atoms with Crippen molar-refractivity contribution in [2.24, 2.45) is 0 Å². The van der Waals surface area contributed by atoms with Crippen LogP contribution in [0, 0.1) is 0 Å². The average molecular weight is 308 g/mol. The summed E-state index contributed by atoms with van der Waals surface area (Å²) in [5, 5.41) is 12.8. The highest BCUT2D eigenvalue weighted by Gasteiger charge is 2.35. The van der Waals surface area contributed by atoms with Crippen LogP contribution in [0.3, 0.4) is 0 Å². The standard InChI is InChI=1S/C14H17ClF3NO/c15-10-6-4-5-9(14(16,17)18)13(10)19-11-7-2-1-3-8-12(11)20/h4-6,11-12,19-20H,1-3,7-8H2. The van der Waals surface area contributed by atoms with Gasteiger partial charge in [0.2, 0.25) is 0 Å². The van der Waals surface area contributed by atoms with Gasteiger partial charge in [-0.15, -0.1) is 0 Å². The van der Waals surface area contributed by atoms with Crippen LogP contribution in [0.2, 0.25) is 5.02 Å². The SMILES string of the molecule is OC1CCCCCC1Nc1c(Cl)cccc1C(F)(F)F. The second kappa shape index (κ2) is 6.22. The molecule has 1 saturated carbocycles. The summed E-state index contributed by atoms with van der Waals surface area (Å²) < 4.78 is 39.0. The molecule has 112 valence electrons. The molecule has 0 bridgehead atoms. The molecular weight excluding hydrogens is 291 g/mol. The molecule has 0 amide bonds. The molecule has 0 saturated heterocycles. The molecule has 1 aliphatic rings. The minimum absolute atomic E-state index is 0.0243. The summed E-state index contributed by atoms with van der Waals surface area (Å²) >= 11 is 5.90. The van der Waals surface area contributed by atoms with Crippen LogP contribution in [-0.2, 0) is 6.18 Å². The number of aliphatic hydroxyl groups is 1. The minimum atomic E-state index is -4.47. The maximum Gasteiger partial charge on any atom is 0.418 e. The van der Waals surface area contributed by atoms with E-state index in [0.29, 0.717) is 12.8 Å². The molecule has 2 N–H and O–H groups in total. The summed E-state index contributed by atoms with van der Waals surface area (Å²) in [6.45, 7) is 0. The summed E-state index contributed by atoms with van der Waals surface area (Å²) in [4.78, 5) is 0. The first kappa shape index (κ1) is 15.4. The van der Waals surface area contributed by atoms with E-state index in [4.69, 9.17) is 11.6 Å². The Morgan fingerprint density at radius 2 is 1.85 bits per heavy atom. The average Bonchev–Trinajstić information content (AvgIpc) is 2.56. The largest absolute Gasteiger partial charge is 0.418 e. The molecule has 1 aromatic carbocycles. The fraction of sp³-hybridized carbons (Fsp3) is 0.571. The van der Waals surface area contributed by atoms with Crippen molar-refractivity contribution < 1.29 is 18.3 Å². The van der Waals surface area contributed by atoms with Gasteiger partial charge in [-0.05, 0) is 25.0 Å². The first-order valence-corrected chi connectivity index (χ1v) is 7.07. The van der Waals surface area contributed by atoms with Gasteiger partial charge >= 0.3 is 6.18 Å². The molecule has 2 atom stereocenters. The number of hydrogen-bond acceptors (Lipinski definition) is 2. The Hall–Kier alpha value is -0.940. The zero-order valence-electron chi connectivity index (χ0n) is 10.9. The Morgan fingerprint density at radius 1 is 1.15 bits per heavy atom. The van der Waals surface area contributed by atoms with E-state index < -0.39 is 23.9 Å². The molecule has 20 heavy (non-hydrogen) atoms. The molecule has 6 heteroatoms. The minimum Gasteiger partial charge on any atom is -0.391 e. The monoisotopic (exact) mass is 307 g/mol. The lowest BCUT2D eigenvalue weighted by Gasteiger charge is -2.25. The lowest BCUT2D eigenvalue weighted by Crippen LogP contribution is -2.33. The molecule has 1 aliphatic carbocycles. The van der Waals surface area contributed by atoms with Crippen LogP contribution in [-0.4, -0.2) is 17.3 Å². The van der Waals surface area contributed by atoms with E-state index in [1.807, 2.05) is 0 Å². The maximum atomic E-state index is 13.0. The van der Waals surface area contributed by atoms with Gasteiger partial charge in [-0.2, -0.15) is 13.2 Å². The number of benzene rings is 1. The number of rotatable bonds is 2. The predicted molar refractivity (Wildman–Crippen MR) is 73.0 cm³/mol. The normalized spacial score (nSPS) is 24.2. The van der Waals surface area contributed by atoms with Gasteiger partial charge < -0.3 is 10.4 Å². The van der Waals surface area contributed by atoms with Crippen molar-refractivity contribution in [1.82, 2.24) is 0 Å². The highest BCUT2D eigenvalue weighted by molar-refractivity contribution is 6.33. The fourth-order valence-electron chi connectivity index (χ4n) is 2.55. The van der Waals surface area contributed by atoms with Crippen molar-refractivity contribution in [2.45, 2.75) is 50.4 Å². The van der Waals surface area contributed by atoms with Gasteiger partial charge in [0, 0.05) is 0 Å². The zero-order chi connectivity index (χ0) is 14.8. The first-order chi connectivity index (χ1) is 9.39. The predicted octanol–water partition coefficient (Wildman–Crippen LogP) is 4.46. The van der Waals surface area contributed by atoms with E-state index in [2.05, 4.69) is 5.32 Å². The number of alkyl halides is 3. The Morgan fingerprint density at radius 3 is 2.55 bits per heavy atom. The third kappa shape index (κ3) is 3.58. The van der Waals surface area contributed by atoms with Crippen LogP contribution in [0.25, 0.3) is 0 Å². The number of hydrogen-bond donors (Lipinski definition) is 2. The molecule has 0 spiro atoms. The molecule has 1 aromatic rings. The summed E-state index contributed by atoms with van der Waals surface area (Å²) in [5.41, 5.74) is -0.922. The van der Waals surface area contributed by atoms with Crippen LogP contribution < -0.4 is 5.32 Å². The van der Waals surface area contributed by atoms with Gasteiger partial charge in [0.15, 0.2) is 0 Å². The van der Waals surface area contributed by atoms with Crippen molar-refractivity contribution in [3.63, 3.8) is 0 Å². The van der Waals surface area contributed by atoms with E-state index in [1.165, 1.54) is 12.1 Å². The van der Waals surface area contributed by atoms with E-state index in [0.717, 1.165) is 25.3 Å². The first-order valence-electron chi connectivity index (χ1n) is 6.70. The zero-order valence-corrected chi connectivity index (χ0v) is 11.6. The van der Waals surface area contributed by atoms with E-state index in [-0.39, 0.29) is 10.7 Å². The van der Waals surface area contributed by atoms with Gasteiger partial charge in [0.05, 0.1) is 28.4 Å². The van der Waals surface area contributed by atoms with Crippen molar-refractivity contribution in [1.29, 1.82) is 0 Å². The summed E-state index contributed by atoms with van der Waals surface area (Å²) in [6, 6.07) is 3.30. The third-order valence-corrected chi connectivity index (χ3v) is 3.94. The van der Waals surface area contributed by atoms with Crippen molar-refractivity contribution in [3.05, 3.63) is 28.8 Å². The van der Waals surface area contributed by atoms with Gasteiger partial charge in [-0.25, -0.2) is 0 Å². The maximum absolute atomic E-state index is 13.0. The van der Waals surface area contributed by atoms with Crippen molar-refractivity contribution in [3.8, 4) is 0 Å². The molecule has 0 heterocycles. The molecule has 1 fully saturated rings. The van der Waals surface area contributed by atoms with Gasteiger partial charge in [-0.1, -0.05) is 36.9 Å². The quantitative estimate of drug-likeness (QED) is 0.790. The van der Waals surface area contributed by atoms with Crippen LogP contribution in [0.4, 0.5) is 18.9 Å². The van der Waals surface area contributed by atoms with Crippen LogP contribution >= 0.6 is 11.6 Å². The smallest absolute Gasteiger partial charge is 0.391 e. The molecule has 2 nitrogen and oxygen atoms in total. The van der Waals surface area contributed by atoms with E-state index in [1.54, 1.807) is 0 Å². The lowest BCUT2D eigenvalue weighted by atomic mass is 10.0. The molecule has 0 radical (unpaired) electrons. The number of halogens is 4. The number of aliphatic hydroxyl groups excluding tert-OH is 1. The number of para-hydroxylation sites is 1. The van der Waals surface area contributed by atoms with Crippen LogP contribution in [0.15, 0.2) is 18.2 Å². The Bertz CT molecular complexity index is 464. The Kier molecular flexibility index (Phi) is 4.81. The van der Waals surface area contributed by atoms with E-state index in [9.17, 15) is 18.3 Å². The Labute approximate surface area is 120 Å². The topological polar surface area (TPSA) is 32.3 Å². The fourth-order valence-corrected chi connectivity index (χ4v) is 2.78. The van der Waals surface area contributed by atoms with Gasteiger partial charge in [0.25, 0.3) is 0 Å². The lowest BCUT2D eigenvalue weighted by molar-refractivity contribution is -0.137. The molecule has 0 aliphatic heterocycles.